The average molecular weight is 379 g/mol. The quantitative estimate of drug-likeness (QED) is 0.671. The molecule has 9 heteroatoms. The minimum atomic E-state index is -0.687. The third kappa shape index (κ3) is 4.20. The largest absolute Gasteiger partial charge is 0.351 e. The highest BCUT2D eigenvalue weighted by molar-refractivity contribution is 8.00. The van der Waals surface area contributed by atoms with E-state index in [2.05, 4.69) is 20.6 Å². The topological polar surface area (TPSA) is 107 Å². The molecule has 3 heterocycles. The summed E-state index contributed by atoms with van der Waals surface area (Å²) in [6.45, 7) is 4.55. The van der Waals surface area contributed by atoms with E-state index in [0.717, 1.165) is 12.8 Å². The molecule has 8 nitrogen and oxygen atoms in total. The summed E-state index contributed by atoms with van der Waals surface area (Å²) < 4.78 is 0. The van der Waals surface area contributed by atoms with E-state index >= 15 is 0 Å². The fourth-order valence-corrected chi connectivity index (χ4v) is 4.27. The zero-order chi connectivity index (χ0) is 18.7. The number of hydrogen-bond acceptors (Lipinski definition) is 5. The lowest BCUT2D eigenvalue weighted by Crippen LogP contribution is -2.58. The molecule has 2 fully saturated rings. The van der Waals surface area contributed by atoms with Crippen LogP contribution < -0.4 is 10.6 Å². The second-order valence-electron chi connectivity index (χ2n) is 6.89. The van der Waals surface area contributed by atoms with Crippen LogP contribution in [0.2, 0.25) is 0 Å². The van der Waals surface area contributed by atoms with Crippen molar-refractivity contribution in [1.29, 1.82) is 0 Å². The summed E-state index contributed by atoms with van der Waals surface area (Å²) in [6, 6.07) is -1.13. The molecular formula is C17H25N5O3S. The smallest absolute Gasteiger partial charge is 0.245 e. The Morgan fingerprint density at radius 1 is 1.46 bits per heavy atom. The number of carbonyl (C=O) groups excluding carboxylic acids is 3. The summed E-state index contributed by atoms with van der Waals surface area (Å²) in [4.78, 5) is 46.4. The van der Waals surface area contributed by atoms with Crippen LogP contribution in [0.3, 0.4) is 0 Å². The second kappa shape index (κ2) is 8.11. The molecule has 0 saturated carbocycles. The number of nitrogens with zero attached hydrogens (tertiary/aromatic N) is 2. The van der Waals surface area contributed by atoms with Gasteiger partial charge in [0.2, 0.25) is 17.7 Å². The third-order valence-electron chi connectivity index (χ3n) is 4.93. The minimum absolute atomic E-state index is 0.0884. The van der Waals surface area contributed by atoms with Gasteiger partial charge in [-0.25, -0.2) is 4.98 Å². The number of likely N-dealkylation sites (tertiary alicyclic amines) is 1. The summed E-state index contributed by atoms with van der Waals surface area (Å²) >= 11 is 1.44. The van der Waals surface area contributed by atoms with E-state index in [4.69, 9.17) is 0 Å². The van der Waals surface area contributed by atoms with Crippen LogP contribution in [0.1, 0.15) is 32.4 Å². The van der Waals surface area contributed by atoms with Crippen molar-refractivity contribution >= 4 is 29.5 Å². The molecule has 26 heavy (non-hydrogen) atoms. The monoisotopic (exact) mass is 379 g/mol. The minimum Gasteiger partial charge on any atom is -0.351 e. The number of rotatable bonds is 5. The SMILES string of the molecule is CC1SCC(C(=O)NC(Cc2c[nH]cn2)C(=O)N2CCCC2C)NC1=O. The van der Waals surface area contributed by atoms with Crippen molar-refractivity contribution in [1.82, 2.24) is 25.5 Å². The van der Waals surface area contributed by atoms with Crippen LogP contribution in [0.15, 0.2) is 12.5 Å². The molecule has 0 aliphatic carbocycles. The molecule has 4 atom stereocenters. The van der Waals surface area contributed by atoms with Crippen LogP contribution in [-0.4, -0.2) is 68.3 Å². The first-order chi connectivity index (χ1) is 12.5. The van der Waals surface area contributed by atoms with E-state index in [0.29, 0.717) is 24.4 Å². The second-order valence-corrected chi connectivity index (χ2v) is 8.26. The van der Waals surface area contributed by atoms with E-state index in [1.807, 2.05) is 18.7 Å². The Morgan fingerprint density at radius 2 is 2.27 bits per heavy atom. The Bertz CT molecular complexity index is 665. The molecule has 0 spiro atoms. The highest BCUT2D eigenvalue weighted by Gasteiger charge is 2.35. The molecule has 2 aliphatic rings. The molecule has 0 bridgehead atoms. The molecule has 4 unspecified atom stereocenters. The van der Waals surface area contributed by atoms with Gasteiger partial charge in [0, 0.05) is 31.0 Å². The predicted molar refractivity (Wildman–Crippen MR) is 98.5 cm³/mol. The van der Waals surface area contributed by atoms with Crippen LogP contribution >= 0.6 is 11.8 Å². The van der Waals surface area contributed by atoms with Crippen molar-refractivity contribution in [2.45, 2.75) is 56.5 Å². The first kappa shape index (κ1) is 18.8. The van der Waals surface area contributed by atoms with Crippen molar-refractivity contribution in [2.75, 3.05) is 12.3 Å². The van der Waals surface area contributed by atoms with E-state index in [1.165, 1.54) is 11.8 Å². The Kier molecular flexibility index (Phi) is 5.85. The maximum Gasteiger partial charge on any atom is 0.245 e. The predicted octanol–water partition coefficient (Wildman–Crippen LogP) is 0.0680. The van der Waals surface area contributed by atoms with Gasteiger partial charge in [0.05, 0.1) is 17.3 Å². The number of aromatic nitrogens is 2. The van der Waals surface area contributed by atoms with Crippen molar-refractivity contribution in [3.63, 3.8) is 0 Å². The number of imidazole rings is 1. The van der Waals surface area contributed by atoms with Gasteiger partial charge >= 0.3 is 0 Å². The Hall–Kier alpha value is -2.03. The van der Waals surface area contributed by atoms with Crippen molar-refractivity contribution in [2.24, 2.45) is 0 Å². The number of thioether (sulfide) groups is 1. The van der Waals surface area contributed by atoms with E-state index in [9.17, 15) is 14.4 Å². The Morgan fingerprint density at radius 3 is 2.88 bits per heavy atom. The van der Waals surface area contributed by atoms with Gasteiger partial charge in [-0.15, -0.1) is 11.8 Å². The Balaban J connectivity index is 1.69. The summed E-state index contributed by atoms with van der Waals surface area (Å²) in [5.74, 6) is -0.0555. The van der Waals surface area contributed by atoms with E-state index < -0.39 is 12.1 Å². The molecule has 2 aliphatic heterocycles. The zero-order valence-corrected chi connectivity index (χ0v) is 15.8. The van der Waals surface area contributed by atoms with Gasteiger partial charge in [0.15, 0.2) is 0 Å². The van der Waals surface area contributed by atoms with Gasteiger partial charge in [-0.2, -0.15) is 0 Å². The number of hydrogen-bond donors (Lipinski definition) is 3. The fraction of sp³-hybridized carbons (Fsp3) is 0.647. The van der Waals surface area contributed by atoms with Crippen LogP contribution in [0.25, 0.3) is 0 Å². The lowest BCUT2D eigenvalue weighted by molar-refractivity contribution is -0.137. The van der Waals surface area contributed by atoms with Gasteiger partial charge in [-0.1, -0.05) is 0 Å². The zero-order valence-electron chi connectivity index (χ0n) is 15.0. The molecule has 142 valence electrons. The molecule has 1 aromatic heterocycles. The maximum atomic E-state index is 13.0. The molecular weight excluding hydrogens is 354 g/mol. The van der Waals surface area contributed by atoms with Gasteiger partial charge in [0.1, 0.15) is 12.1 Å². The molecule has 3 amide bonds. The van der Waals surface area contributed by atoms with Crippen molar-refractivity contribution in [3.8, 4) is 0 Å². The number of nitrogens with one attached hydrogen (secondary N) is 3. The van der Waals surface area contributed by atoms with Crippen LogP contribution in [0.4, 0.5) is 0 Å². The van der Waals surface area contributed by atoms with Crippen molar-refractivity contribution in [3.05, 3.63) is 18.2 Å². The average Bonchev–Trinajstić information content (AvgIpc) is 3.27. The standard InChI is InChI=1S/C17H25N5O3S/c1-10-4-3-5-22(10)17(25)13(6-12-7-18-9-19-12)20-16(24)14-8-26-11(2)15(23)21-14/h7,9-11,13-14H,3-6,8H2,1-2H3,(H,18,19)(H,20,24)(H,21,23). The van der Waals surface area contributed by atoms with Crippen LogP contribution in [0.5, 0.6) is 0 Å². The van der Waals surface area contributed by atoms with Crippen molar-refractivity contribution < 1.29 is 14.4 Å². The van der Waals surface area contributed by atoms with E-state index in [1.54, 1.807) is 12.5 Å². The normalized spacial score (nSPS) is 27.1. The number of aromatic amines is 1. The molecule has 2 saturated heterocycles. The van der Waals surface area contributed by atoms with Gasteiger partial charge in [-0.3, -0.25) is 14.4 Å². The van der Waals surface area contributed by atoms with Crippen LogP contribution in [0, 0.1) is 0 Å². The highest BCUT2D eigenvalue weighted by Crippen LogP contribution is 2.20. The first-order valence-electron chi connectivity index (χ1n) is 8.96. The molecule has 3 rings (SSSR count). The molecule has 0 radical (unpaired) electrons. The maximum absolute atomic E-state index is 13.0. The summed E-state index contributed by atoms with van der Waals surface area (Å²) in [5, 5.41) is 5.41. The highest BCUT2D eigenvalue weighted by atomic mass is 32.2. The fourth-order valence-electron chi connectivity index (χ4n) is 3.33. The van der Waals surface area contributed by atoms with Gasteiger partial charge < -0.3 is 20.5 Å². The summed E-state index contributed by atoms with van der Waals surface area (Å²) in [5.41, 5.74) is 0.714. The molecule has 1 aromatic rings. The molecule has 0 aromatic carbocycles. The Labute approximate surface area is 156 Å². The number of amides is 3. The van der Waals surface area contributed by atoms with E-state index in [-0.39, 0.29) is 29.0 Å². The lowest BCUT2D eigenvalue weighted by Gasteiger charge is -2.30. The van der Waals surface area contributed by atoms with Gasteiger partial charge in [0.25, 0.3) is 0 Å². The number of carbonyl (C=O) groups is 3. The number of H-pyrrole nitrogens is 1. The first-order valence-corrected chi connectivity index (χ1v) is 10.0. The summed E-state index contributed by atoms with van der Waals surface area (Å²) in [7, 11) is 0. The van der Waals surface area contributed by atoms with Gasteiger partial charge in [-0.05, 0) is 26.7 Å². The van der Waals surface area contributed by atoms with Crippen LogP contribution in [-0.2, 0) is 20.8 Å². The summed E-state index contributed by atoms with van der Waals surface area (Å²) in [6.07, 6.45) is 5.54. The third-order valence-corrected chi connectivity index (χ3v) is 6.17. The lowest BCUT2D eigenvalue weighted by atomic mass is 10.1. The molecule has 3 N–H and O–H groups in total.